The molecule has 3 N–H and O–H groups in total. The third kappa shape index (κ3) is 1.93. The molecule has 2 bridgehead atoms. The van der Waals surface area contributed by atoms with E-state index >= 15 is 0 Å². The molecule has 2 saturated carbocycles. The number of halogens is 1. The zero-order chi connectivity index (χ0) is 19.2. The van der Waals surface area contributed by atoms with Gasteiger partial charge in [0.2, 0.25) is 0 Å². The average Bonchev–Trinajstić information content (AvgIpc) is 3.05. The molecular weight excluding hydrogens is 447 g/mol. The molecule has 4 rings (SSSR count). The second-order valence-corrected chi connectivity index (χ2v) is 9.84. The van der Waals surface area contributed by atoms with Crippen molar-refractivity contribution in [3.05, 3.63) is 23.3 Å². The number of carbonyl (C=O) groups excluding carboxylic acids is 1. The number of rotatable bonds is 2. The number of Topliss-reactive ketones (excluding diaryl/α,β-unsaturated/α-hetero) is 1. The lowest BCUT2D eigenvalue weighted by molar-refractivity contribution is -0.182. The summed E-state index contributed by atoms with van der Waals surface area (Å²) in [4.78, 5) is 13.9. The summed E-state index contributed by atoms with van der Waals surface area (Å²) >= 11 is 1.73. The number of allylic oxidation sites excluding steroid dienone is 1. The fraction of sp³-hybridized carbons (Fsp3) is 0.750. The van der Waals surface area contributed by atoms with Gasteiger partial charge in [-0.05, 0) is 47.7 Å². The lowest BCUT2D eigenvalue weighted by atomic mass is 9.59. The van der Waals surface area contributed by atoms with Gasteiger partial charge in [0, 0.05) is 5.92 Å². The molecule has 0 aliphatic heterocycles. The van der Waals surface area contributed by atoms with Crippen molar-refractivity contribution in [2.45, 2.75) is 51.9 Å². The highest BCUT2D eigenvalue weighted by molar-refractivity contribution is 14.1. The van der Waals surface area contributed by atoms with E-state index < -0.39 is 29.1 Å². The minimum absolute atomic E-state index is 0.0385. The van der Waals surface area contributed by atoms with Crippen LogP contribution in [0.25, 0.3) is 0 Å². The van der Waals surface area contributed by atoms with Crippen molar-refractivity contribution in [2.24, 2.45) is 34.5 Å². The van der Waals surface area contributed by atoms with Crippen LogP contribution in [0.4, 0.5) is 0 Å². The molecule has 0 aromatic heterocycles. The first-order chi connectivity index (χ1) is 12.1. The Morgan fingerprint density at radius 2 is 2.04 bits per heavy atom. The summed E-state index contributed by atoms with van der Waals surface area (Å²) in [6.07, 6.45) is 2.28. The minimum atomic E-state index is -1.81. The largest absolute Gasteiger partial charge is 0.392 e. The molecule has 4 aliphatic rings. The Hall–Kier alpha value is -0.280. The van der Waals surface area contributed by atoms with Gasteiger partial charge in [-0.1, -0.05) is 32.9 Å². The highest BCUT2D eigenvalue weighted by Gasteiger charge is 2.75. The molecule has 4 aliphatic carbocycles. The number of fused-ring (bicyclic) bond motifs is 3. The second-order valence-electron chi connectivity index (χ2n) is 9.33. The summed E-state index contributed by atoms with van der Waals surface area (Å²) in [7, 11) is 0. The molecule has 1 spiro atoms. The van der Waals surface area contributed by atoms with E-state index in [1.54, 1.807) is 29.1 Å². The van der Waals surface area contributed by atoms with Crippen molar-refractivity contribution < 1.29 is 23.2 Å². The SMILES string of the molecule is CC1=C[C@]23C(=O)[C@@H](C=C(CO)[C@@H](O)[C@]2(O)[C@H]1OI)[C@H]1[C@@H](C[C@H]3C)C1(C)C. The first kappa shape index (κ1) is 19.1. The Morgan fingerprint density at radius 3 is 2.62 bits per heavy atom. The van der Waals surface area contributed by atoms with E-state index in [4.69, 9.17) is 3.07 Å². The lowest BCUT2D eigenvalue weighted by Crippen LogP contribution is -2.65. The molecule has 0 radical (unpaired) electrons. The molecule has 0 heterocycles. The predicted octanol–water partition coefficient (Wildman–Crippen LogP) is 2.19. The smallest absolute Gasteiger partial charge is 0.153 e. The van der Waals surface area contributed by atoms with E-state index in [1.165, 1.54) is 0 Å². The Balaban J connectivity index is 1.99. The van der Waals surface area contributed by atoms with E-state index in [1.807, 2.05) is 19.9 Å². The van der Waals surface area contributed by atoms with Crippen LogP contribution in [-0.4, -0.2) is 45.5 Å². The van der Waals surface area contributed by atoms with Gasteiger partial charge in [-0.15, -0.1) is 0 Å². The summed E-state index contributed by atoms with van der Waals surface area (Å²) in [6.45, 7) is 7.83. The van der Waals surface area contributed by atoms with Crippen LogP contribution in [0.3, 0.4) is 0 Å². The zero-order valence-electron chi connectivity index (χ0n) is 15.6. The van der Waals surface area contributed by atoms with Gasteiger partial charge < -0.3 is 18.4 Å². The van der Waals surface area contributed by atoms with Gasteiger partial charge in [-0.3, -0.25) is 4.79 Å². The average molecular weight is 474 g/mol. The summed E-state index contributed by atoms with van der Waals surface area (Å²) < 4.78 is 5.55. The second kappa shape index (κ2) is 5.63. The van der Waals surface area contributed by atoms with Gasteiger partial charge in [0.25, 0.3) is 0 Å². The molecule has 0 aromatic carbocycles. The monoisotopic (exact) mass is 474 g/mol. The molecule has 0 saturated heterocycles. The first-order valence-corrected chi connectivity index (χ1v) is 10.2. The fourth-order valence-electron chi connectivity index (χ4n) is 6.55. The predicted molar refractivity (Wildman–Crippen MR) is 104 cm³/mol. The van der Waals surface area contributed by atoms with Gasteiger partial charge >= 0.3 is 0 Å². The van der Waals surface area contributed by atoms with Crippen LogP contribution in [0.5, 0.6) is 0 Å². The molecule has 2 fully saturated rings. The van der Waals surface area contributed by atoms with Gasteiger partial charge in [-0.2, -0.15) is 0 Å². The summed E-state index contributed by atoms with van der Waals surface area (Å²) in [5, 5.41) is 32.9. The van der Waals surface area contributed by atoms with Crippen molar-refractivity contribution in [3.8, 4) is 0 Å². The van der Waals surface area contributed by atoms with Crippen molar-refractivity contribution in [3.63, 3.8) is 0 Å². The van der Waals surface area contributed by atoms with E-state index in [-0.39, 0.29) is 29.6 Å². The van der Waals surface area contributed by atoms with Gasteiger partial charge in [0.15, 0.2) is 5.78 Å². The molecule has 5 nitrogen and oxygen atoms in total. The maximum atomic E-state index is 13.9. The van der Waals surface area contributed by atoms with E-state index in [2.05, 4.69) is 13.8 Å². The maximum Gasteiger partial charge on any atom is 0.153 e. The number of carbonyl (C=O) groups is 1. The van der Waals surface area contributed by atoms with E-state index in [0.29, 0.717) is 11.5 Å². The molecule has 6 heteroatoms. The summed E-state index contributed by atoms with van der Waals surface area (Å²) in [5.74, 6) is 0.00835. The van der Waals surface area contributed by atoms with Crippen LogP contribution in [0.1, 0.15) is 34.1 Å². The molecule has 8 atom stereocenters. The number of hydrogen-bond donors (Lipinski definition) is 3. The Labute approximate surface area is 168 Å². The standard InChI is InChI=1S/C20H27IO5/c1-9-7-19-10(2)5-13-14(18(13,3)4)12(16(19)24)6-11(8-22)15(23)20(19,25)17(9)26-21/h6-7,10,12-15,17,22-23,25H,5,8H2,1-4H3/t10-,12+,13-,14+,15-,17+,19+,20+/m1/s1. The normalized spacial score (nSPS) is 51.6. The first-order valence-electron chi connectivity index (χ1n) is 9.31. The summed E-state index contributed by atoms with van der Waals surface area (Å²) in [6, 6.07) is 0. The molecule has 0 amide bonds. The molecular formula is C20H27IO5. The van der Waals surface area contributed by atoms with Crippen LogP contribution in [0.15, 0.2) is 23.3 Å². The van der Waals surface area contributed by atoms with Crippen LogP contribution < -0.4 is 0 Å². The van der Waals surface area contributed by atoms with Crippen molar-refractivity contribution >= 4 is 28.8 Å². The molecule has 144 valence electrons. The van der Waals surface area contributed by atoms with Crippen LogP contribution in [0, 0.1) is 34.5 Å². The number of hydrogen-bond acceptors (Lipinski definition) is 5. The number of aliphatic hydroxyl groups is 3. The van der Waals surface area contributed by atoms with Crippen LogP contribution in [0.2, 0.25) is 0 Å². The molecule has 26 heavy (non-hydrogen) atoms. The highest BCUT2D eigenvalue weighted by atomic mass is 127. The van der Waals surface area contributed by atoms with Gasteiger partial charge in [0.05, 0.1) is 12.0 Å². The van der Waals surface area contributed by atoms with E-state index in [9.17, 15) is 20.1 Å². The number of aliphatic hydroxyl groups excluding tert-OH is 2. The Bertz CT molecular complexity index is 728. The van der Waals surface area contributed by atoms with Crippen molar-refractivity contribution in [1.29, 1.82) is 0 Å². The van der Waals surface area contributed by atoms with Crippen molar-refractivity contribution in [2.75, 3.05) is 6.61 Å². The third-order valence-corrected chi connectivity index (χ3v) is 8.49. The number of ketones is 1. The Morgan fingerprint density at radius 1 is 1.38 bits per heavy atom. The maximum absolute atomic E-state index is 13.9. The lowest BCUT2D eigenvalue weighted by Gasteiger charge is -2.48. The Kier molecular flexibility index (Phi) is 4.12. The van der Waals surface area contributed by atoms with Crippen LogP contribution >= 0.6 is 23.0 Å². The summed E-state index contributed by atoms with van der Waals surface area (Å²) in [5.41, 5.74) is -1.87. The quantitative estimate of drug-likeness (QED) is 0.422. The zero-order valence-corrected chi connectivity index (χ0v) is 17.7. The van der Waals surface area contributed by atoms with Crippen molar-refractivity contribution in [1.82, 2.24) is 0 Å². The van der Waals surface area contributed by atoms with Crippen LogP contribution in [-0.2, 0) is 7.86 Å². The minimum Gasteiger partial charge on any atom is -0.392 e. The van der Waals surface area contributed by atoms with E-state index in [0.717, 1.165) is 12.0 Å². The fourth-order valence-corrected chi connectivity index (χ4v) is 7.34. The highest BCUT2D eigenvalue weighted by Crippen LogP contribution is 2.71. The topological polar surface area (TPSA) is 87.0 Å². The molecule has 0 unspecified atom stereocenters. The van der Waals surface area contributed by atoms with Gasteiger partial charge in [0.1, 0.15) is 40.8 Å². The third-order valence-electron chi connectivity index (χ3n) is 7.99. The van der Waals surface area contributed by atoms with Gasteiger partial charge in [-0.25, -0.2) is 0 Å². The molecule has 0 aromatic rings.